The Labute approximate surface area is 88.6 Å². The maximum absolute atomic E-state index is 11.1. The third kappa shape index (κ3) is 6.46. The number of methoxy groups -OCH3 is 1. The van der Waals surface area contributed by atoms with Crippen LogP contribution in [0.4, 0.5) is 0 Å². The third-order valence-electron chi connectivity index (χ3n) is 1.68. The smallest absolute Gasteiger partial charge is 0.322 e. The molecule has 0 aliphatic carbocycles. The minimum absolute atomic E-state index is 0.0295. The summed E-state index contributed by atoms with van der Waals surface area (Å²) in [5.74, 6) is -0.666. The zero-order valence-corrected chi connectivity index (χ0v) is 8.87. The molecule has 0 saturated heterocycles. The lowest BCUT2D eigenvalue weighted by atomic mass is 10.3. The van der Waals surface area contributed by atoms with E-state index in [-0.39, 0.29) is 18.9 Å². The topological polar surface area (TPSA) is 91.2 Å². The second-order valence-corrected chi connectivity index (χ2v) is 2.88. The van der Waals surface area contributed by atoms with Crippen molar-refractivity contribution in [2.75, 3.05) is 20.2 Å². The van der Waals surface area contributed by atoms with Crippen molar-refractivity contribution >= 4 is 11.9 Å². The van der Waals surface area contributed by atoms with E-state index in [1.165, 1.54) is 7.11 Å². The number of carbonyl (C=O) groups excluding carboxylic acids is 2. The highest BCUT2D eigenvalue weighted by molar-refractivity contribution is 5.80. The lowest BCUT2D eigenvalue weighted by molar-refractivity contribution is -0.142. The van der Waals surface area contributed by atoms with Gasteiger partial charge in [0.15, 0.2) is 0 Å². The van der Waals surface area contributed by atoms with Crippen molar-refractivity contribution in [1.82, 2.24) is 10.6 Å². The Bertz CT molecular complexity index is 260. The van der Waals surface area contributed by atoms with E-state index in [1.54, 1.807) is 6.92 Å². The van der Waals surface area contributed by atoms with E-state index < -0.39 is 12.0 Å². The van der Waals surface area contributed by atoms with E-state index in [2.05, 4.69) is 15.4 Å². The van der Waals surface area contributed by atoms with E-state index in [0.717, 1.165) is 0 Å². The van der Waals surface area contributed by atoms with E-state index in [4.69, 9.17) is 5.26 Å². The number of carbonyl (C=O) groups is 2. The molecule has 0 aromatic carbocycles. The minimum atomic E-state index is -0.517. The first-order chi connectivity index (χ1) is 7.11. The Morgan fingerprint density at radius 2 is 2.20 bits per heavy atom. The molecule has 0 spiro atoms. The van der Waals surface area contributed by atoms with E-state index in [9.17, 15) is 9.59 Å². The summed E-state index contributed by atoms with van der Waals surface area (Å²) in [6.45, 7) is 1.96. The Kier molecular flexibility index (Phi) is 6.93. The summed E-state index contributed by atoms with van der Waals surface area (Å²) in [6.07, 6.45) is 0.276. The summed E-state index contributed by atoms with van der Waals surface area (Å²) in [6, 6.07) is 1.39. The Hall–Kier alpha value is -1.61. The van der Waals surface area contributed by atoms with Gasteiger partial charge in [-0.1, -0.05) is 0 Å². The van der Waals surface area contributed by atoms with Crippen LogP contribution in [0.25, 0.3) is 0 Å². The van der Waals surface area contributed by atoms with Gasteiger partial charge in [-0.2, -0.15) is 5.26 Å². The molecule has 2 N–H and O–H groups in total. The van der Waals surface area contributed by atoms with Crippen molar-refractivity contribution in [3.63, 3.8) is 0 Å². The summed E-state index contributed by atoms with van der Waals surface area (Å²) in [5.41, 5.74) is 0. The van der Waals surface area contributed by atoms with Gasteiger partial charge in [-0.25, -0.2) is 0 Å². The summed E-state index contributed by atoms with van der Waals surface area (Å²) in [5, 5.41) is 13.4. The van der Waals surface area contributed by atoms with Crippen LogP contribution in [-0.4, -0.2) is 38.1 Å². The van der Waals surface area contributed by atoms with Crippen LogP contribution in [0.2, 0.25) is 0 Å². The van der Waals surface area contributed by atoms with Gasteiger partial charge in [-0.15, -0.1) is 0 Å². The van der Waals surface area contributed by atoms with Gasteiger partial charge in [-0.3, -0.25) is 14.9 Å². The molecular weight excluding hydrogens is 198 g/mol. The number of hydrogen-bond donors (Lipinski definition) is 2. The highest BCUT2D eigenvalue weighted by Gasteiger charge is 2.13. The highest BCUT2D eigenvalue weighted by atomic mass is 16.5. The lowest BCUT2D eigenvalue weighted by Gasteiger charge is -2.10. The minimum Gasteiger partial charge on any atom is -0.468 e. The number of ether oxygens (including phenoxy) is 1. The standard InChI is InChI=1S/C9H15N3O3/c1-7(9(14)15-2)12-6-8(13)11-5-3-4-10/h7,12H,3,5-6H2,1-2H3,(H,11,13). The fraction of sp³-hybridized carbons (Fsp3) is 0.667. The molecule has 0 radical (unpaired) electrons. The maximum Gasteiger partial charge on any atom is 0.322 e. The largest absolute Gasteiger partial charge is 0.468 e. The molecule has 84 valence electrons. The van der Waals surface area contributed by atoms with Crippen molar-refractivity contribution in [1.29, 1.82) is 5.26 Å². The van der Waals surface area contributed by atoms with Crippen molar-refractivity contribution in [2.45, 2.75) is 19.4 Å². The van der Waals surface area contributed by atoms with E-state index in [0.29, 0.717) is 6.54 Å². The number of rotatable bonds is 6. The van der Waals surface area contributed by atoms with E-state index in [1.807, 2.05) is 6.07 Å². The SMILES string of the molecule is COC(=O)C(C)NCC(=O)NCCC#N. The first-order valence-electron chi connectivity index (χ1n) is 4.56. The average molecular weight is 213 g/mol. The van der Waals surface area contributed by atoms with Gasteiger partial charge in [0.05, 0.1) is 26.1 Å². The molecule has 1 amide bonds. The fourth-order valence-corrected chi connectivity index (χ4v) is 0.826. The van der Waals surface area contributed by atoms with Gasteiger partial charge in [0.25, 0.3) is 0 Å². The molecule has 6 nitrogen and oxygen atoms in total. The van der Waals surface area contributed by atoms with Gasteiger partial charge >= 0.3 is 5.97 Å². The molecular formula is C9H15N3O3. The van der Waals surface area contributed by atoms with Crippen LogP contribution in [0, 0.1) is 11.3 Å². The van der Waals surface area contributed by atoms with Gasteiger partial charge in [0, 0.05) is 6.54 Å². The summed E-state index contributed by atoms with van der Waals surface area (Å²) in [7, 11) is 1.29. The second-order valence-electron chi connectivity index (χ2n) is 2.88. The first kappa shape index (κ1) is 13.4. The summed E-state index contributed by atoms with van der Waals surface area (Å²) < 4.78 is 4.47. The quantitative estimate of drug-likeness (QED) is 0.444. The third-order valence-corrected chi connectivity index (χ3v) is 1.68. The predicted molar refractivity (Wildman–Crippen MR) is 52.7 cm³/mol. The first-order valence-corrected chi connectivity index (χ1v) is 4.56. The molecule has 6 heteroatoms. The molecule has 0 bridgehead atoms. The van der Waals surface area contributed by atoms with Crippen LogP contribution in [0.1, 0.15) is 13.3 Å². The monoisotopic (exact) mass is 213 g/mol. The molecule has 0 rings (SSSR count). The number of esters is 1. The van der Waals surface area contributed by atoms with Gasteiger partial charge in [0.1, 0.15) is 6.04 Å². The van der Waals surface area contributed by atoms with Crippen molar-refractivity contribution in [2.24, 2.45) is 0 Å². The molecule has 0 aromatic rings. The zero-order valence-electron chi connectivity index (χ0n) is 8.87. The van der Waals surface area contributed by atoms with Crippen LogP contribution in [0.3, 0.4) is 0 Å². The Morgan fingerprint density at radius 1 is 1.53 bits per heavy atom. The Balaban J connectivity index is 3.62. The highest BCUT2D eigenvalue weighted by Crippen LogP contribution is 1.84. The van der Waals surface area contributed by atoms with Crippen molar-refractivity contribution < 1.29 is 14.3 Å². The predicted octanol–water partition coefficient (Wildman–Crippen LogP) is -0.833. The molecule has 0 aliphatic rings. The zero-order chi connectivity index (χ0) is 11.7. The molecule has 0 aliphatic heterocycles. The lowest BCUT2D eigenvalue weighted by Crippen LogP contribution is -2.42. The molecule has 0 fully saturated rings. The van der Waals surface area contributed by atoms with Crippen molar-refractivity contribution in [3.05, 3.63) is 0 Å². The summed E-state index contributed by atoms with van der Waals surface area (Å²) >= 11 is 0. The van der Waals surface area contributed by atoms with Crippen LogP contribution in [-0.2, 0) is 14.3 Å². The number of hydrogen-bond acceptors (Lipinski definition) is 5. The normalized spacial score (nSPS) is 11.3. The fourth-order valence-electron chi connectivity index (χ4n) is 0.826. The summed E-state index contributed by atoms with van der Waals surface area (Å²) in [4.78, 5) is 22.0. The van der Waals surface area contributed by atoms with E-state index >= 15 is 0 Å². The van der Waals surface area contributed by atoms with Gasteiger partial charge in [-0.05, 0) is 6.92 Å². The molecule has 0 aromatic heterocycles. The van der Waals surface area contributed by atoms with Crippen molar-refractivity contribution in [3.8, 4) is 6.07 Å². The van der Waals surface area contributed by atoms with Gasteiger partial charge in [0.2, 0.25) is 5.91 Å². The van der Waals surface area contributed by atoms with Crippen LogP contribution in [0.5, 0.6) is 0 Å². The van der Waals surface area contributed by atoms with Crippen LogP contribution >= 0.6 is 0 Å². The molecule has 0 saturated carbocycles. The second kappa shape index (κ2) is 7.76. The molecule has 0 heterocycles. The molecule has 15 heavy (non-hydrogen) atoms. The van der Waals surface area contributed by atoms with Gasteiger partial charge < -0.3 is 10.1 Å². The molecule has 1 atom stereocenters. The number of nitrogens with zero attached hydrogens (tertiary/aromatic N) is 1. The number of amides is 1. The number of nitrogens with one attached hydrogen (secondary N) is 2. The van der Waals surface area contributed by atoms with Crippen LogP contribution in [0.15, 0.2) is 0 Å². The van der Waals surface area contributed by atoms with Crippen LogP contribution < -0.4 is 10.6 Å². The average Bonchev–Trinajstić information content (AvgIpc) is 2.25. The number of nitriles is 1. The molecule has 1 unspecified atom stereocenters. The Morgan fingerprint density at radius 3 is 2.73 bits per heavy atom. The maximum atomic E-state index is 11.1.